The fourth-order valence-electron chi connectivity index (χ4n) is 2.69. The molecule has 0 aliphatic carbocycles. The highest BCUT2D eigenvalue weighted by Crippen LogP contribution is 2.24. The average molecular weight is 363 g/mol. The summed E-state index contributed by atoms with van der Waals surface area (Å²) in [7, 11) is 1.61. The fourth-order valence-corrected chi connectivity index (χ4v) is 2.69. The van der Waals surface area contributed by atoms with Crippen molar-refractivity contribution >= 4 is 28.7 Å². The summed E-state index contributed by atoms with van der Waals surface area (Å²) in [4.78, 5) is 21.1. The van der Waals surface area contributed by atoms with E-state index in [1.54, 1.807) is 37.5 Å². The Bertz CT molecular complexity index is 1060. The van der Waals surface area contributed by atoms with Crippen LogP contribution in [0.1, 0.15) is 5.56 Å². The van der Waals surface area contributed by atoms with Crippen LogP contribution >= 0.6 is 0 Å². The predicted octanol–water partition coefficient (Wildman–Crippen LogP) is 3.44. The minimum atomic E-state index is -0.360. The van der Waals surface area contributed by atoms with Gasteiger partial charge in [-0.2, -0.15) is 0 Å². The van der Waals surface area contributed by atoms with E-state index in [4.69, 9.17) is 5.41 Å². The number of nitrogens with one attached hydrogen (secondary N) is 3. The summed E-state index contributed by atoms with van der Waals surface area (Å²) < 4.78 is 13.3. The van der Waals surface area contributed by atoms with Crippen LogP contribution in [0.4, 0.5) is 10.1 Å². The monoisotopic (exact) mass is 363 g/mol. The van der Waals surface area contributed by atoms with Crippen molar-refractivity contribution in [1.82, 2.24) is 15.3 Å². The quantitative estimate of drug-likeness (QED) is 0.478. The SMILES string of the molecule is CN/C(=C\C=N)C(=O)Nc1cnc(-c2ccc3cc(F)ccc3n2)c(C)c1. The lowest BCUT2D eigenvalue weighted by atomic mass is 10.1. The first kappa shape index (κ1) is 18.2. The number of carbonyl (C=O) groups is 1. The molecule has 0 saturated carbocycles. The van der Waals surface area contributed by atoms with Crippen molar-refractivity contribution in [3.05, 3.63) is 65.7 Å². The lowest BCUT2D eigenvalue weighted by Gasteiger charge is -2.11. The van der Waals surface area contributed by atoms with Crippen LogP contribution in [0.5, 0.6) is 0 Å². The molecule has 0 unspecified atom stereocenters. The molecular weight excluding hydrogens is 345 g/mol. The number of aryl methyl sites for hydroxylation is 1. The highest BCUT2D eigenvalue weighted by atomic mass is 19.1. The van der Waals surface area contributed by atoms with E-state index in [1.165, 1.54) is 18.2 Å². The van der Waals surface area contributed by atoms with Crippen molar-refractivity contribution in [1.29, 1.82) is 5.41 Å². The van der Waals surface area contributed by atoms with Crippen LogP contribution in [0.15, 0.2) is 54.4 Å². The molecule has 0 aliphatic heterocycles. The average Bonchev–Trinajstić information content (AvgIpc) is 2.65. The van der Waals surface area contributed by atoms with Gasteiger partial charge in [0.05, 0.1) is 28.8 Å². The van der Waals surface area contributed by atoms with Gasteiger partial charge in [0, 0.05) is 18.6 Å². The number of fused-ring (bicyclic) bond motifs is 1. The third kappa shape index (κ3) is 3.98. The van der Waals surface area contributed by atoms with E-state index in [-0.39, 0.29) is 17.4 Å². The van der Waals surface area contributed by atoms with Crippen molar-refractivity contribution in [3.8, 4) is 11.4 Å². The fraction of sp³-hybridized carbons (Fsp3) is 0.100. The maximum atomic E-state index is 13.3. The molecule has 3 N–H and O–H groups in total. The maximum absolute atomic E-state index is 13.3. The lowest BCUT2D eigenvalue weighted by molar-refractivity contribution is -0.113. The number of anilines is 1. The number of carbonyl (C=O) groups excluding carboxylic acids is 1. The lowest BCUT2D eigenvalue weighted by Crippen LogP contribution is -2.23. The van der Waals surface area contributed by atoms with Crippen LogP contribution < -0.4 is 10.6 Å². The van der Waals surface area contributed by atoms with Gasteiger partial charge in [0.2, 0.25) is 0 Å². The summed E-state index contributed by atoms with van der Waals surface area (Å²) in [6.07, 6.45) is 3.95. The zero-order chi connectivity index (χ0) is 19.4. The van der Waals surface area contributed by atoms with Gasteiger partial charge in [0.15, 0.2) is 0 Å². The van der Waals surface area contributed by atoms with Gasteiger partial charge in [-0.25, -0.2) is 9.37 Å². The molecule has 27 heavy (non-hydrogen) atoms. The molecule has 7 heteroatoms. The van der Waals surface area contributed by atoms with Crippen molar-refractivity contribution in [3.63, 3.8) is 0 Å². The summed E-state index contributed by atoms with van der Waals surface area (Å²) in [5.41, 5.74) is 3.68. The van der Waals surface area contributed by atoms with Crippen LogP contribution in [0.2, 0.25) is 0 Å². The first-order chi connectivity index (χ1) is 13.0. The molecule has 2 heterocycles. The molecule has 0 atom stereocenters. The van der Waals surface area contributed by atoms with Crippen LogP contribution in [-0.4, -0.2) is 29.1 Å². The molecule has 3 aromatic rings. The van der Waals surface area contributed by atoms with Gasteiger partial charge in [-0.15, -0.1) is 0 Å². The molecule has 136 valence electrons. The number of hydrogen-bond acceptors (Lipinski definition) is 5. The molecule has 0 spiro atoms. The van der Waals surface area contributed by atoms with E-state index in [2.05, 4.69) is 20.6 Å². The Balaban J connectivity index is 1.89. The van der Waals surface area contributed by atoms with Crippen LogP contribution in [0, 0.1) is 18.2 Å². The van der Waals surface area contributed by atoms with E-state index in [0.717, 1.165) is 17.2 Å². The van der Waals surface area contributed by atoms with Crippen molar-refractivity contribution in [2.75, 3.05) is 12.4 Å². The molecule has 0 saturated heterocycles. The van der Waals surface area contributed by atoms with Crippen molar-refractivity contribution < 1.29 is 9.18 Å². The first-order valence-electron chi connectivity index (χ1n) is 8.25. The van der Waals surface area contributed by atoms with Crippen molar-refractivity contribution in [2.24, 2.45) is 0 Å². The number of benzene rings is 1. The number of likely N-dealkylation sites (N-methyl/N-ethyl adjacent to an activating group) is 1. The summed E-state index contributed by atoms with van der Waals surface area (Å²) in [6.45, 7) is 1.88. The molecule has 6 nitrogen and oxygen atoms in total. The molecule has 0 bridgehead atoms. The van der Waals surface area contributed by atoms with Crippen LogP contribution in [-0.2, 0) is 4.79 Å². The molecule has 0 aliphatic rings. The summed E-state index contributed by atoms with van der Waals surface area (Å²) >= 11 is 0. The van der Waals surface area contributed by atoms with Gasteiger partial charge >= 0.3 is 0 Å². The number of hydrogen-bond donors (Lipinski definition) is 3. The standard InChI is InChI=1S/C20H18FN5O/c1-12-9-15(25-20(27)18(23-2)7-8-22)11-24-19(12)17-5-3-13-10-14(21)4-6-16(13)26-17/h3-11,22-23H,1-2H3,(H,25,27)/b18-7-,22-8?. The summed E-state index contributed by atoms with van der Waals surface area (Å²) in [5, 5.41) is 13.3. The Morgan fingerprint density at radius 1 is 1.22 bits per heavy atom. The molecular formula is C20H18FN5O. The molecule has 0 fully saturated rings. The minimum Gasteiger partial charge on any atom is -0.384 e. The van der Waals surface area contributed by atoms with E-state index in [1.807, 2.05) is 6.92 Å². The van der Waals surface area contributed by atoms with Crippen LogP contribution in [0.3, 0.4) is 0 Å². The first-order valence-corrected chi connectivity index (χ1v) is 8.25. The molecule has 2 aromatic heterocycles. The van der Waals surface area contributed by atoms with E-state index < -0.39 is 0 Å². The van der Waals surface area contributed by atoms with E-state index in [9.17, 15) is 9.18 Å². The zero-order valence-corrected chi connectivity index (χ0v) is 14.9. The number of amides is 1. The molecule has 0 radical (unpaired) electrons. The van der Waals surface area contributed by atoms with Gasteiger partial charge in [0.25, 0.3) is 5.91 Å². The predicted molar refractivity (Wildman–Crippen MR) is 104 cm³/mol. The number of aromatic nitrogens is 2. The molecule has 1 aromatic carbocycles. The topological polar surface area (TPSA) is 90.8 Å². The number of halogens is 1. The number of pyridine rings is 2. The second-order valence-electron chi connectivity index (χ2n) is 5.87. The zero-order valence-electron chi connectivity index (χ0n) is 14.9. The Kier molecular flexibility index (Phi) is 5.21. The van der Waals surface area contributed by atoms with Crippen molar-refractivity contribution in [2.45, 2.75) is 6.92 Å². The van der Waals surface area contributed by atoms with Gasteiger partial charge in [0.1, 0.15) is 11.5 Å². The van der Waals surface area contributed by atoms with Gasteiger partial charge < -0.3 is 16.0 Å². The van der Waals surface area contributed by atoms with Gasteiger partial charge in [-0.05, 0) is 48.9 Å². The Labute approximate surface area is 155 Å². The van der Waals surface area contributed by atoms with Gasteiger partial charge in [-0.3, -0.25) is 9.78 Å². The Morgan fingerprint density at radius 3 is 2.74 bits per heavy atom. The maximum Gasteiger partial charge on any atom is 0.271 e. The van der Waals surface area contributed by atoms with E-state index >= 15 is 0 Å². The minimum absolute atomic E-state index is 0.273. The third-order valence-corrected chi connectivity index (χ3v) is 3.99. The Morgan fingerprint density at radius 2 is 2.04 bits per heavy atom. The molecule has 3 rings (SSSR count). The normalized spacial score (nSPS) is 11.3. The van der Waals surface area contributed by atoms with E-state index in [0.29, 0.717) is 22.6 Å². The third-order valence-electron chi connectivity index (χ3n) is 3.99. The van der Waals surface area contributed by atoms with Gasteiger partial charge in [-0.1, -0.05) is 6.07 Å². The largest absolute Gasteiger partial charge is 0.384 e. The summed E-state index contributed by atoms with van der Waals surface area (Å²) in [6, 6.07) is 9.84. The smallest absolute Gasteiger partial charge is 0.271 e. The number of nitrogens with zero attached hydrogens (tertiary/aromatic N) is 2. The number of allylic oxidation sites excluding steroid dienone is 1. The number of rotatable bonds is 5. The second-order valence-corrected chi connectivity index (χ2v) is 5.87. The highest BCUT2D eigenvalue weighted by Gasteiger charge is 2.11. The molecule has 1 amide bonds. The second kappa shape index (κ2) is 7.74. The van der Waals surface area contributed by atoms with Crippen LogP contribution in [0.25, 0.3) is 22.3 Å². The Hall–Kier alpha value is -3.61. The summed E-state index contributed by atoms with van der Waals surface area (Å²) in [5.74, 6) is -0.662. The highest BCUT2D eigenvalue weighted by molar-refractivity contribution is 6.05.